The summed E-state index contributed by atoms with van der Waals surface area (Å²) in [5.74, 6) is 0.367. The molecule has 0 spiro atoms. The van der Waals surface area contributed by atoms with Crippen LogP contribution in [0.25, 0.3) is 0 Å². The molecule has 1 N–H and O–H groups in total. The molecule has 0 saturated carbocycles. The molecule has 2 aromatic rings. The minimum atomic E-state index is -0.237. The second kappa shape index (κ2) is 7.22. The second-order valence-electron chi connectivity index (χ2n) is 4.66. The highest BCUT2D eigenvalue weighted by Crippen LogP contribution is 2.22. The van der Waals surface area contributed by atoms with E-state index in [-0.39, 0.29) is 11.5 Å². The summed E-state index contributed by atoms with van der Waals surface area (Å²) >= 11 is 3.34. The number of carbonyl (C=O) groups excluding carboxylic acids is 1. The Hall–Kier alpha value is -2.15. The predicted molar refractivity (Wildman–Crippen MR) is 86.3 cm³/mol. The van der Waals surface area contributed by atoms with E-state index in [9.17, 15) is 9.59 Å². The van der Waals surface area contributed by atoms with Crippen molar-refractivity contribution in [2.45, 2.75) is 13.5 Å². The Morgan fingerprint density at radius 1 is 1.41 bits per heavy atom. The van der Waals surface area contributed by atoms with Crippen LogP contribution in [-0.4, -0.2) is 29.1 Å². The first-order valence-corrected chi connectivity index (χ1v) is 7.45. The first-order valence-electron chi connectivity index (χ1n) is 6.66. The van der Waals surface area contributed by atoms with Crippen molar-refractivity contribution in [2.75, 3.05) is 13.7 Å². The maximum Gasteiger partial charge on any atom is 0.253 e. The van der Waals surface area contributed by atoms with Crippen molar-refractivity contribution >= 4 is 21.8 Å². The van der Waals surface area contributed by atoms with Gasteiger partial charge >= 0.3 is 0 Å². The number of aromatic nitrogens is 2. The predicted octanol–water partition coefficient (Wildman–Crippen LogP) is 1.75. The molecule has 116 valence electrons. The van der Waals surface area contributed by atoms with Crippen LogP contribution in [0.15, 0.2) is 39.9 Å². The zero-order chi connectivity index (χ0) is 16.1. The zero-order valence-electron chi connectivity index (χ0n) is 12.3. The van der Waals surface area contributed by atoms with E-state index in [1.165, 1.54) is 17.0 Å². The van der Waals surface area contributed by atoms with Gasteiger partial charge in [0.05, 0.1) is 19.0 Å². The number of amides is 1. The molecule has 6 nitrogen and oxygen atoms in total. The zero-order valence-corrected chi connectivity index (χ0v) is 13.9. The van der Waals surface area contributed by atoms with E-state index < -0.39 is 0 Å². The van der Waals surface area contributed by atoms with Crippen LogP contribution in [0.1, 0.15) is 16.1 Å². The van der Waals surface area contributed by atoms with Crippen LogP contribution < -0.4 is 15.6 Å². The van der Waals surface area contributed by atoms with Gasteiger partial charge < -0.3 is 10.1 Å². The lowest BCUT2D eigenvalue weighted by Gasteiger charge is -2.09. The van der Waals surface area contributed by atoms with Crippen molar-refractivity contribution in [3.63, 3.8) is 0 Å². The molecule has 1 heterocycles. The number of rotatable bonds is 5. The number of ether oxygens (including phenoxy) is 1. The molecule has 0 saturated heterocycles. The summed E-state index contributed by atoms with van der Waals surface area (Å²) in [5, 5.41) is 2.77. The normalized spacial score (nSPS) is 10.3. The van der Waals surface area contributed by atoms with Crippen LogP contribution >= 0.6 is 15.9 Å². The molecule has 0 unspecified atom stereocenters. The molecule has 0 radical (unpaired) electrons. The van der Waals surface area contributed by atoms with E-state index in [2.05, 4.69) is 26.2 Å². The lowest BCUT2D eigenvalue weighted by Crippen LogP contribution is -2.31. The first-order chi connectivity index (χ1) is 10.5. The molecule has 1 amide bonds. The fourth-order valence-corrected chi connectivity index (χ4v) is 2.30. The summed E-state index contributed by atoms with van der Waals surface area (Å²) in [6.07, 6.45) is 1.48. The van der Waals surface area contributed by atoms with Crippen LogP contribution in [0.4, 0.5) is 0 Å². The van der Waals surface area contributed by atoms with Gasteiger partial charge in [0.2, 0.25) is 0 Å². The summed E-state index contributed by atoms with van der Waals surface area (Å²) in [6, 6.07) is 6.63. The van der Waals surface area contributed by atoms with E-state index in [1.54, 1.807) is 32.2 Å². The Bertz CT molecular complexity index is 743. The molecular weight excluding hydrogens is 350 g/mol. The van der Waals surface area contributed by atoms with Crippen molar-refractivity contribution in [1.82, 2.24) is 14.9 Å². The van der Waals surface area contributed by atoms with Gasteiger partial charge in [0.15, 0.2) is 0 Å². The smallest absolute Gasteiger partial charge is 0.253 e. The number of nitrogens with zero attached hydrogens (tertiary/aromatic N) is 2. The Morgan fingerprint density at radius 2 is 2.18 bits per heavy atom. The molecule has 1 aromatic heterocycles. The minimum absolute atomic E-state index is 0.135. The lowest BCUT2D eigenvalue weighted by molar-refractivity contribution is 0.0951. The molecule has 7 heteroatoms. The average molecular weight is 366 g/mol. The lowest BCUT2D eigenvalue weighted by atomic mass is 10.2. The van der Waals surface area contributed by atoms with Crippen molar-refractivity contribution in [2.24, 2.45) is 0 Å². The van der Waals surface area contributed by atoms with Crippen LogP contribution in [0.3, 0.4) is 0 Å². The summed E-state index contributed by atoms with van der Waals surface area (Å²) in [5.41, 5.74) is 1.02. The van der Waals surface area contributed by atoms with E-state index in [0.29, 0.717) is 34.6 Å². The highest BCUT2D eigenvalue weighted by molar-refractivity contribution is 9.10. The topological polar surface area (TPSA) is 73.2 Å². The maximum atomic E-state index is 12.2. The highest BCUT2D eigenvalue weighted by Gasteiger charge is 2.11. The molecule has 0 atom stereocenters. The van der Waals surface area contributed by atoms with E-state index in [0.717, 1.165) is 0 Å². The number of hydrogen-bond donors (Lipinski definition) is 1. The average Bonchev–Trinajstić information content (AvgIpc) is 2.49. The van der Waals surface area contributed by atoms with Crippen molar-refractivity contribution in [1.29, 1.82) is 0 Å². The summed E-state index contributed by atoms with van der Waals surface area (Å²) in [7, 11) is 1.54. The SMILES string of the molecule is COc1ccc(Br)c(C(=O)NCCn2cnc(C)cc2=O)c1. The fraction of sp³-hybridized carbons (Fsp3) is 0.267. The van der Waals surface area contributed by atoms with Crippen LogP contribution in [0.2, 0.25) is 0 Å². The number of carbonyl (C=O) groups is 1. The van der Waals surface area contributed by atoms with E-state index in [4.69, 9.17) is 4.74 Å². The van der Waals surface area contributed by atoms with Gasteiger partial charge in [-0.05, 0) is 41.1 Å². The molecule has 2 rings (SSSR count). The Morgan fingerprint density at radius 3 is 2.86 bits per heavy atom. The third-order valence-electron chi connectivity index (χ3n) is 3.07. The molecule has 0 aliphatic heterocycles. The fourth-order valence-electron chi connectivity index (χ4n) is 1.87. The number of hydrogen-bond acceptors (Lipinski definition) is 4. The number of methoxy groups -OCH3 is 1. The van der Waals surface area contributed by atoms with Gasteiger partial charge in [0.25, 0.3) is 11.5 Å². The molecule has 1 aromatic carbocycles. The standard InChI is InChI=1S/C15H16BrN3O3/c1-10-7-14(20)19(9-18-10)6-5-17-15(21)12-8-11(22-2)3-4-13(12)16/h3-4,7-9H,5-6H2,1-2H3,(H,17,21). The Labute approximate surface area is 136 Å². The van der Waals surface area contributed by atoms with Crippen molar-refractivity contribution < 1.29 is 9.53 Å². The summed E-state index contributed by atoms with van der Waals surface area (Å²) in [6.45, 7) is 2.44. The monoisotopic (exact) mass is 365 g/mol. The molecule has 0 fully saturated rings. The van der Waals surface area contributed by atoms with Gasteiger partial charge in [-0.15, -0.1) is 0 Å². The van der Waals surface area contributed by atoms with Crippen LogP contribution in [0.5, 0.6) is 5.75 Å². The van der Waals surface area contributed by atoms with Gasteiger partial charge in [-0.1, -0.05) is 0 Å². The Kier molecular flexibility index (Phi) is 5.32. The van der Waals surface area contributed by atoms with E-state index >= 15 is 0 Å². The summed E-state index contributed by atoms with van der Waals surface area (Å²) < 4.78 is 7.24. The largest absolute Gasteiger partial charge is 0.497 e. The molecule has 0 aliphatic carbocycles. The maximum absolute atomic E-state index is 12.2. The van der Waals surface area contributed by atoms with Crippen LogP contribution in [-0.2, 0) is 6.54 Å². The molecule has 0 bridgehead atoms. The van der Waals surface area contributed by atoms with Crippen molar-refractivity contribution in [3.05, 3.63) is 56.7 Å². The number of nitrogens with one attached hydrogen (secondary N) is 1. The van der Waals surface area contributed by atoms with Gasteiger partial charge in [-0.3, -0.25) is 14.2 Å². The number of halogens is 1. The number of aryl methyl sites for hydroxylation is 1. The van der Waals surface area contributed by atoms with Gasteiger partial charge in [-0.25, -0.2) is 4.98 Å². The van der Waals surface area contributed by atoms with Gasteiger partial charge in [-0.2, -0.15) is 0 Å². The molecular formula is C15H16BrN3O3. The third kappa shape index (κ3) is 3.94. The molecule has 0 aliphatic rings. The quantitative estimate of drug-likeness (QED) is 0.875. The minimum Gasteiger partial charge on any atom is -0.497 e. The molecule has 22 heavy (non-hydrogen) atoms. The van der Waals surface area contributed by atoms with Gasteiger partial charge in [0.1, 0.15) is 5.75 Å². The second-order valence-corrected chi connectivity index (χ2v) is 5.52. The van der Waals surface area contributed by atoms with Crippen molar-refractivity contribution in [3.8, 4) is 5.75 Å². The Balaban J connectivity index is 2.00. The first kappa shape index (κ1) is 16.2. The third-order valence-corrected chi connectivity index (χ3v) is 3.76. The number of benzene rings is 1. The highest BCUT2D eigenvalue weighted by atomic mass is 79.9. The van der Waals surface area contributed by atoms with Crippen LogP contribution in [0, 0.1) is 6.92 Å². The van der Waals surface area contributed by atoms with E-state index in [1.807, 2.05) is 0 Å². The van der Waals surface area contributed by atoms with Gasteiger partial charge in [0, 0.05) is 29.3 Å². The summed E-state index contributed by atoms with van der Waals surface area (Å²) in [4.78, 5) is 27.9.